The van der Waals surface area contributed by atoms with E-state index in [1.54, 1.807) is 19.1 Å². The third kappa shape index (κ3) is 2.07. The van der Waals surface area contributed by atoms with Crippen LogP contribution in [-0.4, -0.2) is 11.0 Å². The Morgan fingerprint density at radius 3 is 3.09 bits per heavy atom. The van der Waals surface area contributed by atoms with E-state index in [2.05, 4.69) is 6.26 Å². The number of furan rings is 1. The first-order valence-electron chi connectivity index (χ1n) is 3.28. The molecule has 4 heteroatoms. The molecule has 1 radical (unpaired) electrons. The molecule has 0 saturated heterocycles. The Balaban J connectivity index is 2.50. The Hall–Kier alpha value is -1.32. The molecule has 59 valence electrons. The van der Waals surface area contributed by atoms with Crippen LogP contribution in [0.15, 0.2) is 16.5 Å². The molecule has 1 atom stereocenters. The van der Waals surface area contributed by atoms with Crippen LogP contribution in [0.2, 0.25) is 0 Å². The summed E-state index contributed by atoms with van der Waals surface area (Å²) >= 11 is 0. The molecule has 0 saturated carbocycles. The normalized spacial score (nSPS) is 12.8. The van der Waals surface area contributed by atoms with Crippen LogP contribution in [-0.2, 0) is 6.42 Å². The highest BCUT2D eigenvalue weighted by molar-refractivity contribution is 4.98. The number of nitrogens with zero attached hydrogens (tertiary/aromatic N) is 1. The molecular weight excluding hydrogens is 146 g/mol. The van der Waals surface area contributed by atoms with Crippen LogP contribution < -0.4 is 0 Å². The number of nitro groups is 1. The lowest BCUT2D eigenvalue weighted by Gasteiger charge is -1.98. The van der Waals surface area contributed by atoms with Gasteiger partial charge in [-0.2, -0.15) is 0 Å². The summed E-state index contributed by atoms with van der Waals surface area (Å²) in [5, 5.41) is 10.2. The van der Waals surface area contributed by atoms with E-state index in [1.807, 2.05) is 0 Å². The van der Waals surface area contributed by atoms with Crippen molar-refractivity contribution in [3.05, 3.63) is 34.3 Å². The maximum absolute atomic E-state index is 10.2. The number of hydrogen-bond acceptors (Lipinski definition) is 3. The predicted octanol–water partition coefficient (Wildman–Crippen LogP) is 1.29. The van der Waals surface area contributed by atoms with Crippen LogP contribution in [0.1, 0.15) is 12.7 Å². The van der Waals surface area contributed by atoms with E-state index in [-0.39, 0.29) is 4.92 Å². The Kier molecular flexibility index (Phi) is 2.25. The highest BCUT2D eigenvalue weighted by Gasteiger charge is 2.14. The average molecular weight is 154 g/mol. The van der Waals surface area contributed by atoms with Gasteiger partial charge < -0.3 is 4.42 Å². The van der Waals surface area contributed by atoms with Gasteiger partial charge in [-0.05, 0) is 12.1 Å². The zero-order valence-electron chi connectivity index (χ0n) is 6.11. The summed E-state index contributed by atoms with van der Waals surface area (Å²) in [7, 11) is 0. The largest absolute Gasteiger partial charge is 0.458 e. The number of rotatable bonds is 3. The monoisotopic (exact) mass is 154 g/mol. The zero-order chi connectivity index (χ0) is 8.27. The molecule has 0 N–H and O–H groups in total. The van der Waals surface area contributed by atoms with Crippen molar-refractivity contribution in [1.29, 1.82) is 0 Å². The SMILES string of the molecule is CC(Cc1cc[c]o1)[N+](=O)[O-]. The fraction of sp³-hybridized carbons (Fsp3) is 0.429. The van der Waals surface area contributed by atoms with Crippen molar-refractivity contribution in [3.8, 4) is 0 Å². The highest BCUT2D eigenvalue weighted by Crippen LogP contribution is 2.04. The van der Waals surface area contributed by atoms with E-state index in [0.29, 0.717) is 12.2 Å². The minimum Gasteiger partial charge on any atom is -0.458 e. The van der Waals surface area contributed by atoms with Gasteiger partial charge >= 0.3 is 0 Å². The molecule has 0 spiro atoms. The van der Waals surface area contributed by atoms with Crippen LogP contribution in [0.25, 0.3) is 0 Å². The van der Waals surface area contributed by atoms with Crippen LogP contribution in [0.3, 0.4) is 0 Å². The highest BCUT2D eigenvalue weighted by atomic mass is 16.6. The van der Waals surface area contributed by atoms with Gasteiger partial charge in [0.2, 0.25) is 6.04 Å². The molecule has 0 fully saturated rings. The van der Waals surface area contributed by atoms with Crippen LogP contribution in [0.4, 0.5) is 0 Å². The van der Waals surface area contributed by atoms with Gasteiger partial charge in [-0.15, -0.1) is 0 Å². The average Bonchev–Trinajstić information content (AvgIpc) is 2.39. The first-order valence-corrected chi connectivity index (χ1v) is 3.28. The lowest BCUT2D eigenvalue weighted by molar-refractivity contribution is -0.517. The lowest BCUT2D eigenvalue weighted by atomic mass is 10.2. The summed E-state index contributed by atoms with van der Waals surface area (Å²) < 4.78 is 4.82. The Morgan fingerprint density at radius 1 is 1.91 bits per heavy atom. The standard InChI is InChI=1S/C7H8NO3/c1-6(8(9)10)5-7-3-2-4-11-7/h2-3,6H,5H2,1H3. The van der Waals surface area contributed by atoms with Crippen LogP contribution in [0.5, 0.6) is 0 Å². The summed E-state index contributed by atoms with van der Waals surface area (Å²) in [6, 6.07) is 2.69. The second kappa shape index (κ2) is 3.18. The minimum absolute atomic E-state index is 0.330. The fourth-order valence-electron chi connectivity index (χ4n) is 0.746. The first-order chi connectivity index (χ1) is 5.20. The van der Waals surface area contributed by atoms with Crippen molar-refractivity contribution in [2.75, 3.05) is 0 Å². The van der Waals surface area contributed by atoms with Crippen molar-refractivity contribution in [2.45, 2.75) is 19.4 Å². The number of hydrogen-bond donors (Lipinski definition) is 0. The zero-order valence-corrected chi connectivity index (χ0v) is 6.11. The van der Waals surface area contributed by atoms with E-state index in [4.69, 9.17) is 4.42 Å². The predicted molar refractivity (Wildman–Crippen MR) is 37.7 cm³/mol. The fourth-order valence-corrected chi connectivity index (χ4v) is 0.746. The molecule has 0 aliphatic heterocycles. The Morgan fingerprint density at radius 2 is 2.64 bits per heavy atom. The molecular formula is C7H8NO3. The first kappa shape index (κ1) is 7.78. The van der Waals surface area contributed by atoms with E-state index >= 15 is 0 Å². The summed E-state index contributed by atoms with van der Waals surface area (Å²) in [5.41, 5.74) is 0. The van der Waals surface area contributed by atoms with Gasteiger partial charge in [0.1, 0.15) is 5.76 Å². The van der Waals surface area contributed by atoms with Gasteiger partial charge in [-0.1, -0.05) is 0 Å². The topological polar surface area (TPSA) is 56.3 Å². The van der Waals surface area contributed by atoms with Crippen LogP contribution in [0, 0.1) is 16.4 Å². The molecule has 4 nitrogen and oxygen atoms in total. The van der Waals surface area contributed by atoms with Crippen molar-refractivity contribution in [1.82, 2.24) is 0 Å². The van der Waals surface area contributed by atoms with Crippen molar-refractivity contribution < 1.29 is 9.34 Å². The second-order valence-corrected chi connectivity index (χ2v) is 2.36. The maximum atomic E-state index is 10.2. The summed E-state index contributed by atoms with van der Waals surface area (Å²) in [5.74, 6) is 0.606. The van der Waals surface area contributed by atoms with Gasteiger partial charge in [0.15, 0.2) is 6.26 Å². The smallest absolute Gasteiger partial charge is 0.217 e. The molecule has 1 aromatic heterocycles. The molecule has 1 rings (SSSR count). The van der Waals surface area contributed by atoms with Gasteiger partial charge in [0, 0.05) is 11.8 Å². The quantitative estimate of drug-likeness (QED) is 0.486. The van der Waals surface area contributed by atoms with Crippen molar-refractivity contribution >= 4 is 0 Å². The molecule has 0 aliphatic rings. The summed E-state index contributed by atoms with van der Waals surface area (Å²) in [4.78, 5) is 9.85. The van der Waals surface area contributed by atoms with Gasteiger partial charge in [0.05, 0.1) is 6.42 Å². The van der Waals surface area contributed by atoms with Crippen LogP contribution >= 0.6 is 0 Å². The van der Waals surface area contributed by atoms with Crippen molar-refractivity contribution in [3.63, 3.8) is 0 Å². The Bertz CT molecular complexity index is 230. The van der Waals surface area contributed by atoms with Gasteiger partial charge in [0.25, 0.3) is 0 Å². The van der Waals surface area contributed by atoms with Gasteiger partial charge in [-0.25, -0.2) is 0 Å². The molecule has 1 aromatic rings. The minimum atomic E-state index is -0.588. The van der Waals surface area contributed by atoms with E-state index in [0.717, 1.165) is 0 Å². The molecule has 0 bridgehead atoms. The molecule has 1 heterocycles. The summed E-state index contributed by atoms with van der Waals surface area (Å²) in [6.07, 6.45) is 2.81. The van der Waals surface area contributed by atoms with E-state index < -0.39 is 6.04 Å². The molecule has 11 heavy (non-hydrogen) atoms. The second-order valence-electron chi connectivity index (χ2n) is 2.36. The van der Waals surface area contributed by atoms with Gasteiger partial charge in [-0.3, -0.25) is 10.1 Å². The molecule has 0 aromatic carbocycles. The maximum Gasteiger partial charge on any atom is 0.217 e. The molecule has 0 aliphatic carbocycles. The van der Waals surface area contributed by atoms with E-state index in [1.165, 1.54) is 0 Å². The lowest BCUT2D eigenvalue weighted by Crippen LogP contribution is -2.17. The van der Waals surface area contributed by atoms with Crippen molar-refractivity contribution in [2.24, 2.45) is 0 Å². The van der Waals surface area contributed by atoms with E-state index in [9.17, 15) is 10.1 Å². The third-order valence-corrected chi connectivity index (χ3v) is 1.38. The molecule has 1 unspecified atom stereocenters. The summed E-state index contributed by atoms with van der Waals surface area (Å²) in [6.45, 7) is 1.54. The molecule has 0 amide bonds. The Labute approximate surface area is 64.0 Å². The third-order valence-electron chi connectivity index (χ3n) is 1.38.